The summed E-state index contributed by atoms with van der Waals surface area (Å²) >= 11 is 0. The molecule has 0 spiro atoms. The number of aromatic nitrogens is 2. The van der Waals surface area contributed by atoms with Crippen LogP contribution in [0.4, 0.5) is 0 Å². The quantitative estimate of drug-likeness (QED) is 0.454. The minimum Gasteiger partial charge on any atom is -0.352 e. The Hall–Kier alpha value is -2.43. The van der Waals surface area contributed by atoms with Gasteiger partial charge in [0, 0.05) is 24.6 Å². The van der Waals surface area contributed by atoms with Gasteiger partial charge in [-0.3, -0.25) is 4.79 Å². The molecule has 1 aliphatic carbocycles. The summed E-state index contributed by atoms with van der Waals surface area (Å²) in [7, 11) is 0. The highest BCUT2D eigenvalue weighted by Gasteiger charge is 2.34. The lowest BCUT2D eigenvalue weighted by Gasteiger charge is -2.26. The first-order valence-electron chi connectivity index (χ1n) is 10.9. The molecule has 1 heterocycles. The predicted molar refractivity (Wildman–Crippen MR) is 116 cm³/mol. The molecule has 5 heteroatoms. The number of carbonyl (C=O) groups excluding carboxylic acids is 1. The Balaban J connectivity index is 1.50. The third-order valence-electron chi connectivity index (χ3n) is 6.06. The fourth-order valence-electron chi connectivity index (χ4n) is 3.97. The van der Waals surface area contributed by atoms with Gasteiger partial charge in [-0.1, -0.05) is 57.3 Å². The van der Waals surface area contributed by atoms with Crippen LogP contribution in [0.3, 0.4) is 0 Å². The Morgan fingerprint density at radius 2 is 2.07 bits per heavy atom. The number of rotatable bonds is 9. The van der Waals surface area contributed by atoms with Crippen LogP contribution in [0.25, 0.3) is 17.5 Å². The van der Waals surface area contributed by atoms with Crippen molar-refractivity contribution < 1.29 is 9.32 Å². The van der Waals surface area contributed by atoms with Crippen molar-refractivity contribution in [1.29, 1.82) is 0 Å². The first-order valence-corrected chi connectivity index (χ1v) is 10.9. The van der Waals surface area contributed by atoms with Crippen LogP contribution in [0.15, 0.2) is 34.9 Å². The molecular formula is C24H33N3O2. The minimum absolute atomic E-state index is 0.0367. The van der Waals surface area contributed by atoms with Gasteiger partial charge < -0.3 is 9.84 Å². The number of nitrogens with zero attached hydrogens (tertiary/aromatic N) is 2. The van der Waals surface area contributed by atoms with Crippen LogP contribution in [0.2, 0.25) is 0 Å². The Kier molecular flexibility index (Phi) is 7.24. The second-order valence-corrected chi connectivity index (χ2v) is 8.75. The third kappa shape index (κ3) is 6.02. The van der Waals surface area contributed by atoms with E-state index in [-0.39, 0.29) is 5.91 Å². The lowest BCUT2D eigenvalue weighted by molar-refractivity contribution is -0.116. The van der Waals surface area contributed by atoms with Gasteiger partial charge in [-0.15, -0.1) is 0 Å². The zero-order valence-electron chi connectivity index (χ0n) is 17.9. The van der Waals surface area contributed by atoms with E-state index < -0.39 is 0 Å². The minimum atomic E-state index is -0.0367. The number of hydrogen-bond donors (Lipinski definition) is 1. The van der Waals surface area contributed by atoms with Crippen LogP contribution in [0.5, 0.6) is 0 Å². The standard InChI is InChI=1S/C24H33N3O2/c1-4-5-6-9-21-26-23(29-27-21)19-13-10-18(11-14-19)12-15-22(28)25-17-20-8-7-16-24(20,2)3/h10-15,20H,4-9,16-17H2,1-3H3,(H,25,28)/b15-12+. The van der Waals surface area contributed by atoms with E-state index in [1.807, 2.05) is 30.3 Å². The Bertz CT molecular complexity index is 821. The van der Waals surface area contributed by atoms with Crippen LogP contribution in [0, 0.1) is 11.3 Å². The maximum absolute atomic E-state index is 12.2. The molecule has 1 fully saturated rings. The van der Waals surface area contributed by atoms with E-state index >= 15 is 0 Å². The highest BCUT2D eigenvalue weighted by atomic mass is 16.5. The maximum atomic E-state index is 12.2. The second kappa shape index (κ2) is 9.86. The van der Waals surface area contributed by atoms with Gasteiger partial charge in [0.05, 0.1) is 0 Å². The Labute approximate surface area is 174 Å². The van der Waals surface area contributed by atoms with E-state index in [4.69, 9.17) is 4.52 Å². The van der Waals surface area contributed by atoms with E-state index in [0.29, 0.717) is 17.2 Å². The molecule has 156 valence electrons. The summed E-state index contributed by atoms with van der Waals surface area (Å²) in [5, 5.41) is 7.11. The van der Waals surface area contributed by atoms with Crippen LogP contribution < -0.4 is 5.32 Å². The molecule has 1 aromatic heterocycles. The van der Waals surface area contributed by atoms with Crippen LogP contribution in [-0.4, -0.2) is 22.6 Å². The molecule has 2 aromatic rings. The molecule has 0 radical (unpaired) electrons. The molecule has 0 aliphatic heterocycles. The van der Waals surface area contributed by atoms with E-state index in [1.54, 1.807) is 6.08 Å². The van der Waals surface area contributed by atoms with E-state index in [0.717, 1.165) is 36.3 Å². The molecule has 1 aromatic carbocycles. The number of nitrogens with one attached hydrogen (secondary N) is 1. The van der Waals surface area contributed by atoms with Gasteiger partial charge in [-0.25, -0.2) is 0 Å². The molecule has 5 nitrogen and oxygen atoms in total. The third-order valence-corrected chi connectivity index (χ3v) is 6.06. The van der Waals surface area contributed by atoms with Crippen molar-refractivity contribution in [3.8, 4) is 11.5 Å². The Morgan fingerprint density at radius 3 is 2.76 bits per heavy atom. The van der Waals surface area contributed by atoms with Crippen molar-refractivity contribution in [2.24, 2.45) is 11.3 Å². The van der Waals surface area contributed by atoms with Gasteiger partial charge in [-0.05, 0) is 54.4 Å². The van der Waals surface area contributed by atoms with Gasteiger partial charge in [0.2, 0.25) is 5.91 Å². The van der Waals surface area contributed by atoms with Crippen molar-refractivity contribution in [3.63, 3.8) is 0 Å². The number of amides is 1. The molecule has 0 saturated heterocycles. The summed E-state index contributed by atoms with van der Waals surface area (Å²) in [5.74, 6) is 1.84. The number of benzene rings is 1. The summed E-state index contributed by atoms with van der Waals surface area (Å²) in [6.45, 7) is 7.53. The monoisotopic (exact) mass is 395 g/mol. The van der Waals surface area contributed by atoms with Crippen LogP contribution >= 0.6 is 0 Å². The normalized spacial score (nSPS) is 18.4. The van der Waals surface area contributed by atoms with Crippen molar-refractivity contribution in [2.45, 2.75) is 65.7 Å². The molecule has 0 bridgehead atoms. The molecule has 1 aliphatic rings. The summed E-state index contributed by atoms with van der Waals surface area (Å²) in [5.41, 5.74) is 2.19. The first kappa shape index (κ1) is 21.3. The molecule has 1 unspecified atom stereocenters. The highest BCUT2D eigenvalue weighted by molar-refractivity contribution is 5.91. The van der Waals surface area contributed by atoms with Crippen LogP contribution in [-0.2, 0) is 11.2 Å². The van der Waals surface area contributed by atoms with E-state index in [2.05, 4.69) is 36.2 Å². The number of unbranched alkanes of at least 4 members (excludes halogenated alkanes) is 2. The van der Waals surface area contributed by atoms with Crippen molar-refractivity contribution in [1.82, 2.24) is 15.5 Å². The van der Waals surface area contributed by atoms with E-state index in [9.17, 15) is 4.79 Å². The van der Waals surface area contributed by atoms with Crippen LogP contribution in [0.1, 0.15) is 70.7 Å². The van der Waals surface area contributed by atoms with E-state index in [1.165, 1.54) is 32.1 Å². The molecule has 1 saturated carbocycles. The first-order chi connectivity index (χ1) is 14.0. The predicted octanol–water partition coefficient (Wildman–Crippen LogP) is 5.43. The van der Waals surface area contributed by atoms with Crippen molar-refractivity contribution >= 4 is 12.0 Å². The average Bonchev–Trinajstić information content (AvgIpc) is 3.31. The molecular weight excluding hydrogens is 362 g/mol. The number of aryl methyl sites for hydroxylation is 1. The van der Waals surface area contributed by atoms with Gasteiger partial charge in [0.15, 0.2) is 5.82 Å². The molecule has 1 atom stereocenters. The number of carbonyl (C=O) groups is 1. The number of hydrogen-bond acceptors (Lipinski definition) is 4. The summed E-state index contributed by atoms with van der Waals surface area (Å²) in [6, 6.07) is 7.81. The second-order valence-electron chi connectivity index (χ2n) is 8.75. The highest BCUT2D eigenvalue weighted by Crippen LogP contribution is 2.41. The van der Waals surface area contributed by atoms with Crippen molar-refractivity contribution in [3.05, 3.63) is 41.7 Å². The summed E-state index contributed by atoms with van der Waals surface area (Å²) in [4.78, 5) is 16.6. The summed E-state index contributed by atoms with van der Waals surface area (Å²) < 4.78 is 5.37. The van der Waals surface area contributed by atoms with Gasteiger partial charge in [0.25, 0.3) is 5.89 Å². The lowest BCUT2D eigenvalue weighted by Crippen LogP contribution is -2.32. The fraction of sp³-hybridized carbons (Fsp3) is 0.542. The van der Waals surface area contributed by atoms with Gasteiger partial charge in [-0.2, -0.15) is 4.98 Å². The maximum Gasteiger partial charge on any atom is 0.257 e. The molecule has 1 amide bonds. The lowest BCUT2D eigenvalue weighted by atomic mass is 9.82. The average molecular weight is 396 g/mol. The smallest absolute Gasteiger partial charge is 0.257 e. The largest absolute Gasteiger partial charge is 0.352 e. The van der Waals surface area contributed by atoms with Gasteiger partial charge >= 0.3 is 0 Å². The molecule has 1 N–H and O–H groups in total. The zero-order chi connectivity index (χ0) is 20.7. The SMILES string of the molecule is CCCCCc1noc(-c2ccc(/C=C/C(=O)NCC3CCCC3(C)C)cc2)n1. The molecule has 3 rings (SSSR count). The summed E-state index contributed by atoms with van der Waals surface area (Å²) in [6.07, 6.45) is 11.4. The topological polar surface area (TPSA) is 68.0 Å². The molecule has 29 heavy (non-hydrogen) atoms. The Morgan fingerprint density at radius 1 is 1.28 bits per heavy atom. The van der Waals surface area contributed by atoms with Gasteiger partial charge in [0.1, 0.15) is 0 Å². The zero-order valence-corrected chi connectivity index (χ0v) is 17.9. The fourth-order valence-corrected chi connectivity index (χ4v) is 3.97. The van der Waals surface area contributed by atoms with Crippen molar-refractivity contribution in [2.75, 3.05) is 6.54 Å².